The summed E-state index contributed by atoms with van der Waals surface area (Å²) < 4.78 is 41.2. The van der Waals surface area contributed by atoms with Crippen LogP contribution in [-0.4, -0.2) is 58.5 Å². The Labute approximate surface area is 156 Å². The zero-order valence-electron chi connectivity index (χ0n) is 15.0. The summed E-state index contributed by atoms with van der Waals surface area (Å²) >= 11 is 0. The predicted octanol–water partition coefficient (Wildman–Crippen LogP) is 1.51. The SMILES string of the molecule is Cc1nn(CN2CCN(S(=O)(=O)c3ccc(F)cc3)CC2)c(C)c1[N+](=O)[O-]. The van der Waals surface area contributed by atoms with Gasteiger partial charge in [-0.05, 0) is 38.1 Å². The zero-order chi connectivity index (χ0) is 19.8. The Morgan fingerprint density at radius 3 is 2.26 bits per heavy atom. The molecule has 1 aliphatic heterocycles. The van der Waals surface area contributed by atoms with Crippen molar-refractivity contribution >= 4 is 15.7 Å². The first-order valence-corrected chi connectivity index (χ1v) is 9.80. The highest BCUT2D eigenvalue weighted by Gasteiger charge is 2.29. The number of aromatic nitrogens is 2. The molecule has 1 aromatic carbocycles. The number of nitro groups is 1. The molecule has 0 unspecified atom stereocenters. The summed E-state index contributed by atoms with van der Waals surface area (Å²) in [6.07, 6.45) is 0. The molecular formula is C16H20FN5O4S. The number of aryl methyl sites for hydroxylation is 1. The van der Waals surface area contributed by atoms with Crippen molar-refractivity contribution in [3.05, 3.63) is 51.6 Å². The highest BCUT2D eigenvalue weighted by Crippen LogP contribution is 2.23. The van der Waals surface area contributed by atoms with Crippen LogP contribution in [0.2, 0.25) is 0 Å². The van der Waals surface area contributed by atoms with E-state index in [0.29, 0.717) is 31.1 Å². The van der Waals surface area contributed by atoms with E-state index in [-0.39, 0.29) is 23.7 Å². The molecule has 0 amide bonds. The van der Waals surface area contributed by atoms with E-state index in [1.165, 1.54) is 16.4 Å². The molecule has 0 radical (unpaired) electrons. The lowest BCUT2D eigenvalue weighted by atomic mass is 10.3. The molecule has 2 aromatic rings. The van der Waals surface area contributed by atoms with Gasteiger partial charge in [-0.2, -0.15) is 9.40 Å². The highest BCUT2D eigenvalue weighted by molar-refractivity contribution is 7.89. The number of sulfonamides is 1. The van der Waals surface area contributed by atoms with Gasteiger partial charge in [0.15, 0.2) is 0 Å². The molecule has 1 aliphatic rings. The van der Waals surface area contributed by atoms with E-state index in [0.717, 1.165) is 12.1 Å². The monoisotopic (exact) mass is 397 g/mol. The van der Waals surface area contributed by atoms with Gasteiger partial charge in [0.05, 0.1) is 16.5 Å². The maximum Gasteiger partial charge on any atom is 0.312 e. The Balaban J connectivity index is 1.66. The van der Waals surface area contributed by atoms with Crippen LogP contribution in [0.15, 0.2) is 29.2 Å². The lowest BCUT2D eigenvalue weighted by Crippen LogP contribution is -2.49. The third kappa shape index (κ3) is 3.84. The van der Waals surface area contributed by atoms with Gasteiger partial charge in [-0.15, -0.1) is 0 Å². The lowest BCUT2D eigenvalue weighted by molar-refractivity contribution is -0.386. The molecule has 2 heterocycles. The summed E-state index contributed by atoms with van der Waals surface area (Å²) in [4.78, 5) is 12.7. The summed E-state index contributed by atoms with van der Waals surface area (Å²) in [7, 11) is -3.67. The minimum atomic E-state index is -3.67. The molecule has 3 rings (SSSR count). The van der Waals surface area contributed by atoms with Crippen molar-refractivity contribution in [2.45, 2.75) is 25.4 Å². The first-order chi connectivity index (χ1) is 12.7. The normalized spacial score (nSPS) is 16.6. The standard InChI is InChI=1S/C16H20FN5O4S/c1-12-16(22(23)24)13(2)21(18-12)11-19-7-9-20(10-8-19)27(25,26)15-5-3-14(17)4-6-15/h3-6H,7-11H2,1-2H3. The van der Waals surface area contributed by atoms with Crippen molar-refractivity contribution in [2.75, 3.05) is 26.2 Å². The van der Waals surface area contributed by atoms with Gasteiger partial charge in [-0.25, -0.2) is 17.5 Å². The van der Waals surface area contributed by atoms with E-state index in [4.69, 9.17) is 0 Å². The third-order valence-electron chi connectivity index (χ3n) is 4.64. The van der Waals surface area contributed by atoms with Crippen molar-refractivity contribution in [3.63, 3.8) is 0 Å². The van der Waals surface area contributed by atoms with Crippen molar-refractivity contribution in [3.8, 4) is 0 Å². The Kier molecular flexibility index (Phi) is 5.27. The second kappa shape index (κ2) is 7.33. The minimum Gasteiger partial charge on any atom is -0.282 e. The molecule has 27 heavy (non-hydrogen) atoms. The van der Waals surface area contributed by atoms with Gasteiger partial charge in [-0.1, -0.05) is 0 Å². The molecule has 0 N–H and O–H groups in total. The van der Waals surface area contributed by atoms with Gasteiger partial charge >= 0.3 is 5.69 Å². The molecular weight excluding hydrogens is 377 g/mol. The second-order valence-corrected chi connectivity index (χ2v) is 8.33. The number of rotatable bonds is 5. The van der Waals surface area contributed by atoms with E-state index in [1.54, 1.807) is 18.5 Å². The maximum absolute atomic E-state index is 13.0. The van der Waals surface area contributed by atoms with Gasteiger partial charge in [0.25, 0.3) is 0 Å². The van der Waals surface area contributed by atoms with E-state index < -0.39 is 20.8 Å². The summed E-state index contributed by atoms with van der Waals surface area (Å²) in [5, 5.41) is 15.3. The smallest absolute Gasteiger partial charge is 0.282 e. The maximum atomic E-state index is 13.0. The van der Waals surface area contributed by atoms with Crippen molar-refractivity contribution in [2.24, 2.45) is 0 Å². The molecule has 0 atom stereocenters. The molecule has 1 saturated heterocycles. The topological polar surface area (TPSA) is 102 Å². The molecule has 9 nitrogen and oxygen atoms in total. The number of nitrogens with zero attached hydrogens (tertiary/aromatic N) is 5. The number of piperazine rings is 1. The van der Waals surface area contributed by atoms with E-state index in [9.17, 15) is 22.9 Å². The fourth-order valence-electron chi connectivity index (χ4n) is 3.15. The number of hydrogen-bond acceptors (Lipinski definition) is 6. The fraction of sp³-hybridized carbons (Fsp3) is 0.438. The van der Waals surface area contributed by atoms with Gasteiger partial charge in [0.2, 0.25) is 10.0 Å². The van der Waals surface area contributed by atoms with Gasteiger partial charge in [-0.3, -0.25) is 15.0 Å². The molecule has 1 aromatic heterocycles. The van der Waals surface area contributed by atoms with Crippen LogP contribution in [0.5, 0.6) is 0 Å². The number of hydrogen-bond donors (Lipinski definition) is 0. The molecule has 1 fully saturated rings. The quantitative estimate of drug-likeness (QED) is 0.560. The van der Waals surface area contributed by atoms with Crippen molar-refractivity contribution < 1.29 is 17.7 Å². The largest absolute Gasteiger partial charge is 0.312 e. The van der Waals surface area contributed by atoms with E-state index in [1.807, 2.05) is 4.90 Å². The lowest BCUT2D eigenvalue weighted by Gasteiger charge is -2.33. The third-order valence-corrected chi connectivity index (χ3v) is 6.56. The van der Waals surface area contributed by atoms with Crippen LogP contribution in [0.3, 0.4) is 0 Å². The first kappa shape index (κ1) is 19.4. The van der Waals surface area contributed by atoms with Crippen LogP contribution < -0.4 is 0 Å². The summed E-state index contributed by atoms with van der Waals surface area (Å²) in [5.74, 6) is -0.488. The summed E-state index contributed by atoms with van der Waals surface area (Å²) in [6, 6.07) is 4.76. The Morgan fingerprint density at radius 2 is 1.74 bits per heavy atom. The van der Waals surface area contributed by atoms with Crippen molar-refractivity contribution in [1.82, 2.24) is 19.0 Å². The Bertz CT molecular complexity index is 950. The average molecular weight is 397 g/mol. The van der Waals surface area contributed by atoms with Gasteiger partial charge < -0.3 is 0 Å². The molecule has 11 heteroatoms. The average Bonchev–Trinajstić information content (AvgIpc) is 2.89. The first-order valence-electron chi connectivity index (χ1n) is 8.36. The highest BCUT2D eigenvalue weighted by atomic mass is 32.2. The summed E-state index contributed by atoms with van der Waals surface area (Å²) in [6.45, 7) is 5.08. The van der Waals surface area contributed by atoms with E-state index in [2.05, 4.69) is 5.10 Å². The minimum absolute atomic E-state index is 0.00697. The van der Waals surface area contributed by atoms with E-state index >= 15 is 0 Å². The van der Waals surface area contributed by atoms with Crippen LogP contribution in [0.4, 0.5) is 10.1 Å². The number of benzene rings is 1. The van der Waals surface area contributed by atoms with Crippen LogP contribution >= 0.6 is 0 Å². The molecule has 0 aliphatic carbocycles. The van der Waals surface area contributed by atoms with Gasteiger partial charge in [0.1, 0.15) is 17.2 Å². The molecule has 0 saturated carbocycles. The Hall–Kier alpha value is -2.37. The zero-order valence-corrected chi connectivity index (χ0v) is 15.8. The number of halogens is 1. The van der Waals surface area contributed by atoms with Crippen LogP contribution in [0.25, 0.3) is 0 Å². The summed E-state index contributed by atoms with van der Waals surface area (Å²) in [5.41, 5.74) is 0.835. The van der Waals surface area contributed by atoms with Gasteiger partial charge in [0, 0.05) is 26.2 Å². The second-order valence-electron chi connectivity index (χ2n) is 6.39. The van der Waals surface area contributed by atoms with Crippen molar-refractivity contribution in [1.29, 1.82) is 0 Å². The van der Waals surface area contributed by atoms with Crippen LogP contribution in [0.1, 0.15) is 11.4 Å². The predicted molar refractivity (Wildman–Crippen MR) is 95.1 cm³/mol. The molecule has 0 spiro atoms. The fourth-order valence-corrected chi connectivity index (χ4v) is 4.57. The molecule has 146 valence electrons. The molecule has 0 bridgehead atoms. The Morgan fingerprint density at radius 1 is 1.15 bits per heavy atom. The van der Waals surface area contributed by atoms with Crippen LogP contribution in [0, 0.1) is 29.8 Å². The van der Waals surface area contributed by atoms with Crippen LogP contribution in [-0.2, 0) is 16.7 Å².